The van der Waals surface area contributed by atoms with Gasteiger partial charge in [0.2, 0.25) is 5.91 Å². The van der Waals surface area contributed by atoms with Crippen LogP contribution in [0.5, 0.6) is 5.75 Å². The van der Waals surface area contributed by atoms with Gasteiger partial charge in [0, 0.05) is 41.0 Å². The van der Waals surface area contributed by atoms with E-state index in [0.29, 0.717) is 18.8 Å². The molecule has 0 bridgehead atoms. The first kappa shape index (κ1) is 25.4. The lowest BCUT2D eigenvalue weighted by molar-refractivity contribution is -0.121. The Morgan fingerprint density at radius 3 is 2.70 bits per heavy atom. The third-order valence-electron chi connectivity index (χ3n) is 7.51. The number of carbonyl (C=O) groups excluding carboxylic acids is 1. The lowest BCUT2D eigenvalue weighted by Gasteiger charge is -2.19. The van der Waals surface area contributed by atoms with Crippen LogP contribution in [0, 0.1) is 0 Å². The molecule has 9 nitrogen and oxygen atoms in total. The van der Waals surface area contributed by atoms with Crippen LogP contribution in [-0.4, -0.2) is 39.1 Å². The van der Waals surface area contributed by atoms with Crippen molar-refractivity contribution >= 4 is 22.6 Å². The molecular formula is C31H30N6O3. The number of ether oxygens (including phenoxy) is 1. The van der Waals surface area contributed by atoms with Crippen molar-refractivity contribution in [1.29, 1.82) is 0 Å². The number of benzene rings is 2. The Labute approximate surface area is 231 Å². The van der Waals surface area contributed by atoms with Crippen LogP contribution in [0.25, 0.3) is 22.2 Å². The lowest BCUT2D eigenvalue weighted by Crippen LogP contribution is -2.35. The van der Waals surface area contributed by atoms with E-state index in [4.69, 9.17) is 4.74 Å². The predicted octanol–water partition coefficient (Wildman–Crippen LogP) is 4.26. The van der Waals surface area contributed by atoms with Crippen molar-refractivity contribution < 1.29 is 9.53 Å². The second-order valence-corrected chi connectivity index (χ2v) is 10.1. The largest absolute Gasteiger partial charge is 0.497 e. The van der Waals surface area contributed by atoms with Crippen LogP contribution in [0.4, 0.5) is 5.82 Å². The Kier molecular flexibility index (Phi) is 6.77. The van der Waals surface area contributed by atoms with Gasteiger partial charge in [-0.15, -0.1) is 0 Å². The molecule has 6 rings (SSSR count). The summed E-state index contributed by atoms with van der Waals surface area (Å²) < 4.78 is 6.89. The number of methoxy groups -OCH3 is 1. The molecule has 3 aromatic heterocycles. The number of aromatic amines is 1. The fourth-order valence-corrected chi connectivity index (χ4v) is 5.05. The summed E-state index contributed by atoms with van der Waals surface area (Å²) in [7, 11) is 1.66. The van der Waals surface area contributed by atoms with Crippen LogP contribution in [0.2, 0.25) is 0 Å². The van der Waals surface area contributed by atoms with Crippen LogP contribution in [0.3, 0.4) is 0 Å². The highest BCUT2D eigenvalue weighted by Crippen LogP contribution is 2.48. The van der Waals surface area contributed by atoms with Gasteiger partial charge in [0.25, 0.3) is 5.56 Å². The fraction of sp³-hybridized carbons (Fsp3) is 0.226. The van der Waals surface area contributed by atoms with Crippen LogP contribution in [0.15, 0.2) is 90.1 Å². The molecule has 3 N–H and O–H groups in total. The maximum Gasteiger partial charge on any atom is 0.294 e. The highest BCUT2D eigenvalue weighted by Gasteiger charge is 2.44. The van der Waals surface area contributed by atoms with Crippen LogP contribution >= 0.6 is 0 Å². The maximum absolute atomic E-state index is 13.7. The number of carbonyl (C=O) groups is 1. The number of pyridine rings is 1. The van der Waals surface area contributed by atoms with Gasteiger partial charge in [0.05, 0.1) is 25.5 Å². The van der Waals surface area contributed by atoms with E-state index in [0.717, 1.165) is 40.8 Å². The average Bonchev–Trinajstić information content (AvgIpc) is 3.67. The molecule has 1 aliphatic carbocycles. The maximum atomic E-state index is 13.7. The number of H-pyrrole nitrogens is 1. The van der Waals surface area contributed by atoms with E-state index in [9.17, 15) is 9.59 Å². The molecule has 5 aromatic rings. The van der Waals surface area contributed by atoms with E-state index >= 15 is 0 Å². The number of rotatable bonds is 10. The molecule has 40 heavy (non-hydrogen) atoms. The SMILES string of the molecule is COc1cccc(C2(CNc3ncc(-c4ccccc4)n(CC(=O)NCc4cc5cnccc5[nH]4)c3=O)CC2)c1. The number of hydrogen-bond donors (Lipinski definition) is 3. The van der Waals surface area contributed by atoms with E-state index in [-0.39, 0.29) is 29.2 Å². The first-order valence-electron chi connectivity index (χ1n) is 13.3. The molecule has 1 saturated carbocycles. The molecule has 0 atom stereocenters. The van der Waals surface area contributed by atoms with E-state index < -0.39 is 0 Å². The number of hydrogen-bond acceptors (Lipinski definition) is 6. The Morgan fingerprint density at radius 1 is 1.07 bits per heavy atom. The topological polar surface area (TPSA) is 114 Å². The summed E-state index contributed by atoms with van der Waals surface area (Å²) in [6.45, 7) is 0.736. The Hall–Kier alpha value is -4.92. The van der Waals surface area contributed by atoms with Crippen LogP contribution < -0.4 is 20.9 Å². The van der Waals surface area contributed by atoms with Gasteiger partial charge in [-0.1, -0.05) is 42.5 Å². The van der Waals surface area contributed by atoms with Gasteiger partial charge in [-0.2, -0.15) is 0 Å². The van der Waals surface area contributed by atoms with Gasteiger partial charge in [-0.3, -0.25) is 19.1 Å². The third-order valence-corrected chi connectivity index (χ3v) is 7.51. The van der Waals surface area contributed by atoms with Gasteiger partial charge in [-0.05, 0) is 48.2 Å². The second-order valence-electron chi connectivity index (χ2n) is 10.1. The third kappa shape index (κ3) is 5.18. The number of aromatic nitrogens is 4. The van der Waals surface area contributed by atoms with Gasteiger partial charge in [0.1, 0.15) is 12.3 Å². The normalized spacial score (nSPS) is 13.6. The van der Waals surface area contributed by atoms with E-state index in [2.05, 4.69) is 31.7 Å². The molecule has 0 aliphatic heterocycles. The van der Waals surface area contributed by atoms with E-state index in [1.165, 1.54) is 10.1 Å². The molecule has 1 amide bonds. The zero-order chi connectivity index (χ0) is 27.5. The van der Waals surface area contributed by atoms with Gasteiger partial charge < -0.3 is 20.4 Å². The van der Waals surface area contributed by atoms with Crippen LogP contribution in [0.1, 0.15) is 24.1 Å². The van der Waals surface area contributed by atoms with Crippen molar-refractivity contribution in [1.82, 2.24) is 24.8 Å². The monoisotopic (exact) mass is 534 g/mol. The Morgan fingerprint density at radius 2 is 1.93 bits per heavy atom. The minimum atomic E-state index is -0.338. The van der Waals surface area contributed by atoms with Crippen molar-refractivity contribution in [3.63, 3.8) is 0 Å². The smallest absolute Gasteiger partial charge is 0.294 e. The summed E-state index contributed by atoms with van der Waals surface area (Å²) >= 11 is 0. The molecular weight excluding hydrogens is 504 g/mol. The average molecular weight is 535 g/mol. The predicted molar refractivity (Wildman–Crippen MR) is 154 cm³/mol. The number of fused-ring (bicyclic) bond motifs is 1. The first-order chi connectivity index (χ1) is 19.5. The zero-order valence-corrected chi connectivity index (χ0v) is 22.2. The summed E-state index contributed by atoms with van der Waals surface area (Å²) in [5.41, 5.74) is 3.97. The number of amides is 1. The van der Waals surface area contributed by atoms with Crippen LogP contribution in [-0.2, 0) is 23.3 Å². The van der Waals surface area contributed by atoms with E-state index in [1.807, 2.05) is 60.7 Å². The lowest BCUT2D eigenvalue weighted by atomic mass is 9.95. The standard InChI is InChI=1S/C31H30N6O3/c1-40-25-9-5-8-23(15-25)31(11-12-31)20-35-29-30(39)37(27(18-34-29)21-6-3-2-4-7-21)19-28(38)33-17-24-14-22-16-32-13-10-26(22)36-24/h2-10,13-16,18,36H,11-12,17,19-20H2,1H3,(H,33,38)(H,34,35). The summed E-state index contributed by atoms with van der Waals surface area (Å²) in [5, 5.41) is 7.19. The van der Waals surface area contributed by atoms with Crippen molar-refractivity contribution in [3.05, 3.63) is 107 Å². The molecule has 0 radical (unpaired) electrons. The molecule has 9 heteroatoms. The van der Waals surface area contributed by atoms with Crippen molar-refractivity contribution in [3.8, 4) is 17.0 Å². The summed E-state index contributed by atoms with van der Waals surface area (Å²) in [6.07, 6.45) is 7.16. The van der Waals surface area contributed by atoms with Gasteiger partial charge in [0.15, 0.2) is 5.82 Å². The number of nitrogens with one attached hydrogen (secondary N) is 3. The molecule has 2 aromatic carbocycles. The Bertz CT molecular complexity index is 1690. The molecule has 0 unspecified atom stereocenters. The van der Waals surface area contributed by atoms with Gasteiger partial charge in [-0.25, -0.2) is 4.98 Å². The number of nitrogens with zero attached hydrogens (tertiary/aromatic N) is 3. The minimum absolute atomic E-state index is 0.0714. The molecule has 1 aliphatic rings. The van der Waals surface area contributed by atoms with E-state index in [1.54, 1.807) is 25.7 Å². The highest BCUT2D eigenvalue weighted by molar-refractivity contribution is 5.80. The molecule has 0 spiro atoms. The molecule has 202 valence electrons. The first-order valence-corrected chi connectivity index (χ1v) is 13.3. The highest BCUT2D eigenvalue weighted by atomic mass is 16.5. The van der Waals surface area contributed by atoms with Crippen molar-refractivity contribution in [2.45, 2.75) is 31.3 Å². The number of anilines is 1. The fourth-order valence-electron chi connectivity index (χ4n) is 5.05. The quantitative estimate of drug-likeness (QED) is 0.247. The summed E-state index contributed by atoms with van der Waals surface area (Å²) in [6, 6.07) is 21.4. The zero-order valence-electron chi connectivity index (χ0n) is 22.2. The summed E-state index contributed by atoms with van der Waals surface area (Å²) in [4.78, 5) is 38.7. The minimum Gasteiger partial charge on any atom is -0.497 e. The van der Waals surface area contributed by atoms with Gasteiger partial charge >= 0.3 is 0 Å². The molecule has 1 fully saturated rings. The Balaban J connectivity index is 1.22. The second kappa shape index (κ2) is 10.7. The molecule has 0 saturated heterocycles. The van der Waals surface area contributed by atoms with Crippen molar-refractivity contribution in [2.75, 3.05) is 19.0 Å². The van der Waals surface area contributed by atoms with Crippen molar-refractivity contribution in [2.24, 2.45) is 0 Å². The molecule has 3 heterocycles. The summed E-state index contributed by atoms with van der Waals surface area (Å²) in [5.74, 6) is 0.764.